The van der Waals surface area contributed by atoms with Gasteiger partial charge in [-0.1, -0.05) is 6.07 Å². The van der Waals surface area contributed by atoms with Gasteiger partial charge in [-0.2, -0.15) is 5.10 Å². The van der Waals surface area contributed by atoms with Crippen molar-refractivity contribution in [3.05, 3.63) is 103 Å². The van der Waals surface area contributed by atoms with Crippen LogP contribution in [-0.2, 0) is 6.61 Å². The number of carbonyl (C=O) groups is 1. The van der Waals surface area contributed by atoms with Crippen molar-refractivity contribution in [2.75, 3.05) is 0 Å². The maximum absolute atomic E-state index is 12.0. The summed E-state index contributed by atoms with van der Waals surface area (Å²) in [6, 6.07) is 20.6. The number of ether oxygens (including phenoxy) is 1. The Morgan fingerprint density at radius 3 is 2.48 bits per heavy atom. The first-order valence-corrected chi connectivity index (χ1v) is 9.64. The summed E-state index contributed by atoms with van der Waals surface area (Å²) in [5, 5.41) is 14.6. The van der Waals surface area contributed by atoms with Crippen LogP contribution in [0.15, 0.2) is 77.9 Å². The van der Waals surface area contributed by atoms with Crippen molar-refractivity contribution in [1.29, 1.82) is 0 Å². The molecule has 146 valence electrons. The monoisotopic (exact) mass is 501 g/mol. The Morgan fingerprint density at radius 2 is 1.83 bits per heavy atom. The second-order valence-electron chi connectivity index (χ2n) is 5.99. The van der Waals surface area contributed by atoms with Crippen molar-refractivity contribution in [2.24, 2.45) is 5.10 Å². The number of rotatable bonds is 7. The number of hydrogen-bond acceptors (Lipinski definition) is 5. The van der Waals surface area contributed by atoms with Gasteiger partial charge in [0.1, 0.15) is 12.4 Å². The Bertz CT molecular complexity index is 1030. The van der Waals surface area contributed by atoms with E-state index in [1.54, 1.807) is 42.6 Å². The molecule has 0 bridgehead atoms. The molecule has 7 nitrogen and oxygen atoms in total. The summed E-state index contributed by atoms with van der Waals surface area (Å²) in [6.45, 7) is 0.303. The Hall–Kier alpha value is -3.27. The summed E-state index contributed by atoms with van der Waals surface area (Å²) in [6.07, 6.45) is 1.55. The molecule has 0 atom stereocenters. The molecule has 0 saturated carbocycles. The van der Waals surface area contributed by atoms with E-state index in [9.17, 15) is 14.9 Å². The quantitative estimate of drug-likeness (QED) is 0.223. The van der Waals surface area contributed by atoms with E-state index < -0.39 is 4.92 Å². The highest BCUT2D eigenvalue weighted by molar-refractivity contribution is 14.1. The summed E-state index contributed by atoms with van der Waals surface area (Å²) >= 11 is 2.15. The number of non-ortho nitro benzene ring substituents is 1. The summed E-state index contributed by atoms with van der Waals surface area (Å²) in [5.41, 5.74) is 4.72. The maximum atomic E-state index is 12.0. The van der Waals surface area contributed by atoms with Crippen LogP contribution >= 0.6 is 22.6 Å². The lowest BCUT2D eigenvalue weighted by molar-refractivity contribution is -0.384. The third-order valence-corrected chi connectivity index (χ3v) is 4.57. The summed E-state index contributed by atoms with van der Waals surface area (Å²) in [7, 11) is 0. The van der Waals surface area contributed by atoms with E-state index in [1.165, 1.54) is 12.1 Å². The highest BCUT2D eigenvalue weighted by Crippen LogP contribution is 2.16. The molecule has 0 radical (unpaired) electrons. The van der Waals surface area contributed by atoms with E-state index >= 15 is 0 Å². The first-order valence-electron chi connectivity index (χ1n) is 8.56. The van der Waals surface area contributed by atoms with Gasteiger partial charge >= 0.3 is 0 Å². The van der Waals surface area contributed by atoms with Crippen molar-refractivity contribution in [3.63, 3.8) is 0 Å². The van der Waals surface area contributed by atoms with Crippen molar-refractivity contribution < 1.29 is 14.5 Å². The second-order valence-corrected chi connectivity index (χ2v) is 7.24. The molecule has 0 saturated heterocycles. The number of amides is 1. The standard InChI is InChI=1S/C21H16IN3O4/c22-18-3-1-2-17(12-18)21(26)24-23-13-15-6-10-20(11-7-15)29-14-16-4-8-19(9-5-16)25(27)28/h1-13H,14H2,(H,24,26)/b23-13-. The zero-order valence-electron chi connectivity index (χ0n) is 15.1. The molecule has 3 aromatic carbocycles. The Labute approximate surface area is 180 Å². The SMILES string of the molecule is O=C(N/N=C\c1ccc(OCc2ccc([N+](=O)[O-])cc2)cc1)c1cccc(I)c1. The van der Waals surface area contributed by atoms with Crippen LogP contribution in [0.3, 0.4) is 0 Å². The number of nitro benzene ring substituents is 1. The third kappa shape index (κ3) is 6.11. The van der Waals surface area contributed by atoms with Gasteiger partial charge in [-0.05, 0) is 88.3 Å². The van der Waals surface area contributed by atoms with Gasteiger partial charge in [-0.3, -0.25) is 14.9 Å². The molecular weight excluding hydrogens is 485 g/mol. The van der Waals surface area contributed by atoms with Crippen LogP contribution in [0.2, 0.25) is 0 Å². The van der Waals surface area contributed by atoms with Crippen molar-refractivity contribution in [2.45, 2.75) is 6.61 Å². The fraction of sp³-hybridized carbons (Fsp3) is 0.0476. The lowest BCUT2D eigenvalue weighted by Gasteiger charge is -2.06. The third-order valence-electron chi connectivity index (χ3n) is 3.90. The average Bonchev–Trinajstić information content (AvgIpc) is 2.73. The van der Waals surface area contributed by atoms with Gasteiger partial charge < -0.3 is 4.74 Å². The van der Waals surface area contributed by atoms with Crippen molar-refractivity contribution in [1.82, 2.24) is 5.43 Å². The molecule has 0 aliphatic carbocycles. The molecule has 0 spiro atoms. The predicted molar refractivity (Wildman–Crippen MR) is 118 cm³/mol. The van der Waals surface area contributed by atoms with E-state index in [2.05, 4.69) is 33.1 Å². The zero-order valence-corrected chi connectivity index (χ0v) is 17.3. The van der Waals surface area contributed by atoms with Gasteiger partial charge in [-0.15, -0.1) is 0 Å². The van der Waals surface area contributed by atoms with Crippen LogP contribution in [0.25, 0.3) is 0 Å². The van der Waals surface area contributed by atoms with Crippen molar-refractivity contribution in [3.8, 4) is 5.75 Å². The fourth-order valence-corrected chi connectivity index (χ4v) is 2.93. The second kappa shape index (κ2) is 9.78. The van der Waals surface area contributed by atoms with E-state index in [1.807, 2.05) is 24.3 Å². The molecule has 0 fully saturated rings. The highest BCUT2D eigenvalue weighted by Gasteiger charge is 2.05. The number of nitrogens with zero attached hydrogens (tertiary/aromatic N) is 2. The number of nitrogens with one attached hydrogen (secondary N) is 1. The molecule has 3 rings (SSSR count). The first kappa shape index (κ1) is 20.5. The van der Waals surface area contributed by atoms with Crippen LogP contribution < -0.4 is 10.2 Å². The minimum atomic E-state index is -0.437. The van der Waals surface area contributed by atoms with Gasteiger partial charge in [0.15, 0.2) is 0 Å². The van der Waals surface area contributed by atoms with Gasteiger partial charge in [-0.25, -0.2) is 5.43 Å². The van der Waals surface area contributed by atoms with Gasteiger partial charge in [0.25, 0.3) is 11.6 Å². The van der Waals surface area contributed by atoms with Gasteiger partial charge in [0.2, 0.25) is 0 Å². The Kier molecular flexibility index (Phi) is 6.90. The first-order chi connectivity index (χ1) is 14.0. The van der Waals surface area contributed by atoms with Crippen LogP contribution in [0.5, 0.6) is 5.75 Å². The fourth-order valence-electron chi connectivity index (χ4n) is 2.39. The van der Waals surface area contributed by atoms with Gasteiger partial charge in [0, 0.05) is 21.3 Å². The summed E-state index contributed by atoms with van der Waals surface area (Å²) in [5.74, 6) is 0.381. The number of hydrazone groups is 1. The molecule has 29 heavy (non-hydrogen) atoms. The number of hydrogen-bond donors (Lipinski definition) is 1. The minimum Gasteiger partial charge on any atom is -0.489 e. The van der Waals surface area contributed by atoms with Crippen LogP contribution in [0.4, 0.5) is 5.69 Å². The molecule has 0 aliphatic heterocycles. The molecular formula is C21H16IN3O4. The van der Waals surface area contributed by atoms with Gasteiger partial charge in [0.05, 0.1) is 11.1 Å². The zero-order chi connectivity index (χ0) is 20.6. The molecule has 8 heteroatoms. The summed E-state index contributed by atoms with van der Waals surface area (Å²) in [4.78, 5) is 22.3. The lowest BCUT2D eigenvalue weighted by atomic mass is 10.2. The van der Waals surface area contributed by atoms with Crippen LogP contribution in [-0.4, -0.2) is 17.0 Å². The Balaban J connectivity index is 1.51. The van der Waals surface area contributed by atoms with E-state index in [-0.39, 0.29) is 11.6 Å². The number of benzene rings is 3. The number of carbonyl (C=O) groups excluding carboxylic acids is 1. The Morgan fingerprint density at radius 1 is 1.10 bits per heavy atom. The topological polar surface area (TPSA) is 93.8 Å². The largest absolute Gasteiger partial charge is 0.489 e. The van der Waals surface area contributed by atoms with Crippen molar-refractivity contribution >= 4 is 40.4 Å². The molecule has 0 unspecified atom stereocenters. The smallest absolute Gasteiger partial charge is 0.271 e. The van der Waals surface area contributed by atoms with E-state index in [0.717, 1.165) is 14.7 Å². The minimum absolute atomic E-state index is 0.0477. The summed E-state index contributed by atoms with van der Waals surface area (Å²) < 4.78 is 6.65. The average molecular weight is 501 g/mol. The number of nitro groups is 1. The molecule has 1 N–H and O–H groups in total. The van der Waals surface area contributed by atoms with E-state index in [0.29, 0.717) is 17.9 Å². The normalized spacial score (nSPS) is 10.7. The molecule has 3 aromatic rings. The predicted octanol–water partition coefficient (Wildman–Crippen LogP) is 4.54. The van der Waals surface area contributed by atoms with Crippen LogP contribution in [0, 0.1) is 13.7 Å². The maximum Gasteiger partial charge on any atom is 0.271 e. The molecule has 1 amide bonds. The number of halogens is 1. The lowest BCUT2D eigenvalue weighted by Crippen LogP contribution is -2.17. The molecule has 0 heterocycles. The van der Waals surface area contributed by atoms with E-state index in [4.69, 9.17) is 4.74 Å². The van der Waals surface area contributed by atoms with Crippen LogP contribution in [0.1, 0.15) is 21.5 Å². The highest BCUT2D eigenvalue weighted by atomic mass is 127. The molecule has 0 aromatic heterocycles. The molecule has 0 aliphatic rings.